The first-order chi connectivity index (χ1) is 13.2. The number of hydrogen-bond donors (Lipinski definition) is 1. The second-order valence-electron chi connectivity index (χ2n) is 5.95. The summed E-state index contributed by atoms with van der Waals surface area (Å²) in [6.07, 6.45) is 1.91. The minimum absolute atomic E-state index is 0.153. The summed E-state index contributed by atoms with van der Waals surface area (Å²) in [5, 5.41) is 4.02. The van der Waals surface area contributed by atoms with E-state index in [0.717, 1.165) is 26.9 Å². The van der Waals surface area contributed by atoms with Crippen LogP contribution in [-0.2, 0) is 17.8 Å². The largest absolute Gasteiger partial charge is 0.489 e. The molecule has 0 bridgehead atoms. The Balaban J connectivity index is 1.52. The van der Waals surface area contributed by atoms with E-state index < -0.39 is 0 Å². The summed E-state index contributed by atoms with van der Waals surface area (Å²) in [6, 6.07) is 25.1. The van der Waals surface area contributed by atoms with Gasteiger partial charge in [-0.25, -0.2) is 5.43 Å². The normalized spacial score (nSPS) is 10.7. The van der Waals surface area contributed by atoms with E-state index in [1.165, 1.54) is 0 Å². The Morgan fingerprint density at radius 2 is 1.74 bits per heavy atom. The Morgan fingerprint density at radius 3 is 2.56 bits per heavy atom. The minimum atomic E-state index is -0.153. The quantitative estimate of drug-likeness (QED) is 0.442. The zero-order chi connectivity index (χ0) is 18.9. The molecule has 3 aromatic carbocycles. The summed E-state index contributed by atoms with van der Waals surface area (Å²) in [4.78, 5) is 11.9. The van der Waals surface area contributed by atoms with Gasteiger partial charge < -0.3 is 4.74 Å². The number of hydrogen-bond acceptors (Lipinski definition) is 3. The lowest BCUT2D eigenvalue weighted by molar-refractivity contribution is -0.120. The fourth-order valence-electron chi connectivity index (χ4n) is 2.48. The molecule has 0 fully saturated rings. The summed E-state index contributed by atoms with van der Waals surface area (Å²) in [7, 11) is 0. The van der Waals surface area contributed by atoms with Crippen LogP contribution in [0, 0.1) is 0 Å². The lowest BCUT2D eigenvalue weighted by Gasteiger charge is -2.07. The van der Waals surface area contributed by atoms with Crippen molar-refractivity contribution in [1.82, 2.24) is 5.43 Å². The van der Waals surface area contributed by atoms with Gasteiger partial charge in [-0.3, -0.25) is 4.79 Å². The van der Waals surface area contributed by atoms with E-state index in [-0.39, 0.29) is 5.91 Å². The molecular weight excluding hydrogens is 404 g/mol. The van der Waals surface area contributed by atoms with Gasteiger partial charge in [0.05, 0.1) is 12.6 Å². The van der Waals surface area contributed by atoms with E-state index in [1.807, 2.05) is 78.9 Å². The molecule has 0 aliphatic carbocycles. The van der Waals surface area contributed by atoms with E-state index in [0.29, 0.717) is 13.0 Å². The Kier molecular flexibility index (Phi) is 6.77. The fraction of sp³-hybridized carbons (Fsp3) is 0.0909. The van der Waals surface area contributed by atoms with Gasteiger partial charge in [0.1, 0.15) is 12.4 Å². The highest BCUT2D eigenvalue weighted by molar-refractivity contribution is 9.10. The number of benzene rings is 3. The van der Waals surface area contributed by atoms with Crippen LogP contribution in [0.15, 0.2) is 88.4 Å². The molecule has 0 aromatic heterocycles. The van der Waals surface area contributed by atoms with Gasteiger partial charge in [-0.2, -0.15) is 5.10 Å². The second-order valence-corrected chi connectivity index (χ2v) is 6.86. The zero-order valence-electron chi connectivity index (χ0n) is 14.6. The molecule has 0 radical (unpaired) electrons. The maximum atomic E-state index is 11.9. The molecular formula is C22H19BrN2O2. The average molecular weight is 423 g/mol. The van der Waals surface area contributed by atoms with Gasteiger partial charge in [-0.05, 0) is 41.0 Å². The SMILES string of the molecule is O=C(Cc1ccccc1)NN=Cc1cccc(OCc2cccc(Br)c2)c1. The summed E-state index contributed by atoms with van der Waals surface area (Å²) in [5.41, 5.74) is 5.43. The Hall–Kier alpha value is -2.92. The Morgan fingerprint density at radius 1 is 0.963 bits per heavy atom. The number of hydrazone groups is 1. The van der Waals surface area contributed by atoms with Crippen molar-refractivity contribution in [2.45, 2.75) is 13.0 Å². The van der Waals surface area contributed by atoms with Crippen LogP contribution < -0.4 is 10.2 Å². The van der Waals surface area contributed by atoms with Gasteiger partial charge in [0.2, 0.25) is 5.91 Å². The molecule has 0 saturated carbocycles. The molecule has 0 spiro atoms. The summed E-state index contributed by atoms with van der Waals surface area (Å²) >= 11 is 3.45. The third kappa shape index (κ3) is 6.38. The average Bonchev–Trinajstić information content (AvgIpc) is 2.68. The molecule has 3 aromatic rings. The molecule has 0 atom stereocenters. The van der Waals surface area contributed by atoms with Gasteiger partial charge in [0.15, 0.2) is 0 Å². The van der Waals surface area contributed by atoms with Crippen LogP contribution in [0.25, 0.3) is 0 Å². The molecule has 0 saturated heterocycles. The summed E-state index contributed by atoms with van der Waals surface area (Å²) in [5.74, 6) is 0.592. The third-order valence-corrected chi connectivity index (χ3v) is 4.26. The first-order valence-corrected chi connectivity index (χ1v) is 9.31. The van der Waals surface area contributed by atoms with E-state index >= 15 is 0 Å². The number of rotatable bonds is 7. The molecule has 0 heterocycles. The molecule has 0 unspecified atom stereocenters. The molecule has 5 heteroatoms. The Labute approximate surface area is 167 Å². The van der Waals surface area contributed by atoms with E-state index in [1.54, 1.807) is 6.21 Å². The second kappa shape index (κ2) is 9.69. The van der Waals surface area contributed by atoms with E-state index in [4.69, 9.17) is 4.74 Å². The highest BCUT2D eigenvalue weighted by Crippen LogP contribution is 2.16. The van der Waals surface area contributed by atoms with Crippen LogP contribution in [0.4, 0.5) is 0 Å². The van der Waals surface area contributed by atoms with Gasteiger partial charge in [0.25, 0.3) is 0 Å². The van der Waals surface area contributed by atoms with Crippen molar-refractivity contribution in [3.63, 3.8) is 0 Å². The van der Waals surface area contributed by atoms with Gasteiger partial charge in [-0.15, -0.1) is 0 Å². The molecule has 3 rings (SSSR count). The maximum absolute atomic E-state index is 11.9. The predicted octanol–water partition coefficient (Wildman–Crippen LogP) is 4.72. The number of halogens is 1. The maximum Gasteiger partial charge on any atom is 0.244 e. The Bertz CT molecular complexity index is 926. The van der Waals surface area contributed by atoms with Crippen LogP contribution in [0.5, 0.6) is 5.75 Å². The van der Waals surface area contributed by atoms with Crippen molar-refractivity contribution in [2.75, 3.05) is 0 Å². The van der Waals surface area contributed by atoms with Crippen LogP contribution in [0.1, 0.15) is 16.7 Å². The van der Waals surface area contributed by atoms with Crippen molar-refractivity contribution in [3.05, 3.63) is 100 Å². The first-order valence-electron chi connectivity index (χ1n) is 8.52. The number of ether oxygens (including phenoxy) is 1. The number of amides is 1. The number of nitrogens with zero attached hydrogens (tertiary/aromatic N) is 1. The monoisotopic (exact) mass is 422 g/mol. The third-order valence-electron chi connectivity index (χ3n) is 3.76. The number of carbonyl (C=O) groups excluding carboxylic acids is 1. The van der Waals surface area contributed by atoms with Crippen molar-refractivity contribution in [1.29, 1.82) is 0 Å². The van der Waals surface area contributed by atoms with E-state index in [9.17, 15) is 4.79 Å². The van der Waals surface area contributed by atoms with Gasteiger partial charge in [0, 0.05) is 4.47 Å². The molecule has 1 N–H and O–H groups in total. The van der Waals surface area contributed by atoms with Crippen molar-refractivity contribution in [3.8, 4) is 5.75 Å². The highest BCUT2D eigenvalue weighted by atomic mass is 79.9. The molecule has 4 nitrogen and oxygen atoms in total. The van der Waals surface area contributed by atoms with E-state index in [2.05, 4.69) is 26.5 Å². The fourth-order valence-corrected chi connectivity index (χ4v) is 2.92. The van der Waals surface area contributed by atoms with Crippen molar-refractivity contribution < 1.29 is 9.53 Å². The van der Waals surface area contributed by atoms with Crippen LogP contribution in [0.3, 0.4) is 0 Å². The molecule has 0 aliphatic rings. The first kappa shape index (κ1) is 18.9. The van der Waals surface area contributed by atoms with Crippen molar-refractivity contribution in [2.24, 2.45) is 5.10 Å². The lowest BCUT2D eigenvalue weighted by atomic mass is 10.1. The van der Waals surface area contributed by atoms with Crippen LogP contribution in [-0.4, -0.2) is 12.1 Å². The van der Waals surface area contributed by atoms with Crippen molar-refractivity contribution >= 4 is 28.1 Å². The van der Waals surface area contributed by atoms with Gasteiger partial charge >= 0.3 is 0 Å². The summed E-state index contributed by atoms with van der Waals surface area (Å²) < 4.78 is 6.85. The summed E-state index contributed by atoms with van der Waals surface area (Å²) in [6.45, 7) is 0.480. The molecule has 27 heavy (non-hydrogen) atoms. The minimum Gasteiger partial charge on any atom is -0.489 e. The topological polar surface area (TPSA) is 50.7 Å². The number of nitrogens with one attached hydrogen (secondary N) is 1. The predicted molar refractivity (Wildman–Crippen MR) is 111 cm³/mol. The zero-order valence-corrected chi connectivity index (χ0v) is 16.2. The molecule has 1 amide bonds. The molecule has 0 aliphatic heterocycles. The standard InChI is InChI=1S/C22H19BrN2O2/c23-20-10-4-9-19(12-20)16-27-21-11-5-8-18(13-21)15-24-25-22(26)14-17-6-2-1-3-7-17/h1-13,15H,14,16H2,(H,25,26). The van der Waals surface area contributed by atoms with Gasteiger partial charge in [-0.1, -0.05) is 70.5 Å². The lowest BCUT2D eigenvalue weighted by Crippen LogP contribution is -2.19. The number of carbonyl (C=O) groups is 1. The molecule has 136 valence electrons. The highest BCUT2D eigenvalue weighted by Gasteiger charge is 2.01. The smallest absolute Gasteiger partial charge is 0.244 e. The van der Waals surface area contributed by atoms with Crippen LogP contribution in [0.2, 0.25) is 0 Å². The van der Waals surface area contributed by atoms with Crippen LogP contribution >= 0.6 is 15.9 Å².